The van der Waals surface area contributed by atoms with Gasteiger partial charge in [0.1, 0.15) is 30.1 Å². The Morgan fingerprint density at radius 3 is 2.32 bits per heavy atom. The van der Waals surface area contributed by atoms with Gasteiger partial charge in [-0.1, -0.05) is 71.1 Å². The highest BCUT2D eigenvalue weighted by Crippen LogP contribution is 2.39. The van der Waals surface area contributed by atoms with Gasteiger partial charge in [0.15, 0.2) is 12.1 Å². The number of cyclic esters (lactones) is 1. The van der Waals surface area contributed by atoms with Crippen molar-refractivity contribution in [1.82, 2.24) is 25.1 Å². The molecule has 17 nitrogen and oxygen atoms in total. The Kier molecular flexibility index (Phi) is 20.8. The Labute approximate surface area is 408 Å². The third kappa shape index (κ3) is 14.2. The van der Waals surface area contributed by atoms with E-state index in [1.165, 1.54) is 18.3 Å². The molecule has 69 heavy (non-hydrogen) atoms. The zero-order chi connectivity index (χ0) is 50.6. The second-order valence-corrected chi connectivity index (χ2v) is 20.3. The predicted octanol–water partition coefficient (Wildman–Crippen LogP) is 6.05. The van der Waals surface area contributed by atoms with Gasteiger partial charge in [-0.3, -0.25) is 19.2 Å². The number of nitrogens with zero attached hydrogens (tertiary/aromatic N) is 5. The lowest BCUT2D eigenvalue weighted by Crippen LogP contribution is -2.61. The maximum absolute atomic E-state index is 14.5. The van der Waals surface area contributed by atoms with E-state index < -0.39 is 77.8 Å². The predicted molar refractivity (Wildman–Crippen MR) is 256 cm³/mol. The van der Waals surface area contributed by atoms with E-state index in [0.29, 0.717) is 56.9 Å². The van der Waals surface area contributed by atoms with E-state index in [1.807, 2.05) is 58.1 Å². The van der Waals surface area contributed by atoms with Gasteiger partial charge in [0.25, 0.3) is 11.7 Å². The lowest BCUT2D eigenvalue weighted by atomic mass is 9.77. The van der Waals surface area contributed by atoms with Crippen LogP contribution in [0.1, 0.15) is 132 Å². The summed E-state index contributed by atoms with van der Waals surface area (Å²) in [4.78, 5) is 73.9. The summed E-state index contributed by atoms with van der Waals surface area (Å²) in [5, 5.41) is 35.7. The van der Waals surface area contributed by atoms with Crippen LogP contribution in [0, 0.1) is 35.5 Å². The van der Waals surface area contributed by atoms with Crippen molar-refractivity contribution in [3.8, 4) is 0 Å². The van der Waals surface area contributed by atoms with Crippen molar-refractivity contribution in [2.75, 3.05) is 27.9 Å². The minimum atomic E-state index is -2.43. The first-order valence-corrected chi connectivity index (χ1v) is 25.0. The van der Waals surface area contributed by atoms with Crippen molar-refractivity contribution in [1.29, 1.82) is 0 Å². The molecule has 3 fully saturated rings. The van der Waals surface area contributed by atoms with Gasteiger partial charge < -0.3 is 38.8 Å². The second kappa shape index (κ2) is 25.7. The number of hydrogen-bond donors (Lipinski definition) is 2. The molecule has 1 saturated carbocycles. The first kappa shape index (κ1) is 55.7. The van der Waals surface area contributed by atoms with Crippen molar-refractivity contribution in [2.45, 2.75) is 180 Å². The van der Waals surface area contributed by atoms with E-state index >= 15 is 0 Å². The minimum Gasteiger partial charge on any atom is -0.460 e. The van der Waals surface area contributed by atoms with E-state index in [1.54, 1.807) is 45.9 Å². The topological polar surface area (TPSA) is 219 Å². The van der Waals surface area contributed by atoms with Crippen LogP contribution in [-0.2, 0) is 47.7 Å². The molecule has 2 N–H and O–H groups in total. The molecular weight excluding hydrogens is 887 g/mol. The molecule has 1 aromatic rings. The molecule has 4 heterocycles. The van der Waals surface area contributed by atoms with Gasteiger partial charge in [-0.25, -0.2) is 4.79 Å². The van der Waals surface area contributed by atoms with E-state index in [0.717, 1.165) is 18.4 Å². The molecule has 1 aromatic heterocycles. The molecule has 2 bridgehead atoms. The molecule has 2 saturated heterocycles. The van der Waals surface area contributed by atoms with Crippen LogP contribution in [0.25, 0.3) is 0 Å². The first-order valence-electron chi connectivity index (χ1n) is 25.0. The number of Topliss-reactive ketones (excluding diaryl/α,β-unsaturated/α-hetero) is 3. The fourth-order valence-corrected chi connectivity index (χ4v) is 10.7. The molecule has 0 aromatic carbocycles. The Hall–Kier alpha value is -4.26. The van der Waals surface area contributed by atoms with Crippen LogP contribution >= 0.6 is 0 Å². The third-order valence-corrected chi connectivity index (χ3v) is 15.1. The molecule has 4 aliphatic rings. The third-order valence-electron chi connectivity index (χ3n) is 15.1. The van der Waals surface area contributed by atoms with Crippen LogP contribution in [0.15, 0.2) is 53.9 Å². The quantitative estimate of drug-likeness (QED) is 0.181. The van der Waals surface area contributed by atoms with Gasteiger partial charge in [-0.2, -0.15) is 4.80 Å². The molecule has 15 atom stereocenters. The molecule has 1 amide bonds. The van der Waals surface area contributed by atoms with Crippen LogP contribution in [0.3, 0.4) is 0 Å². The number of piperidine rings is 1. The number of rotatable bonds is 7. The standard InChI is InChI=1S/C52H79N5O12/c1-31-16-12-11-13-17-32(2)43(65-8)28-39-21-19-37(7)52(64,69-39)49(61)50(62)56-23-15-14-18-41(56)51(63)68-44(34(4)26-38-20-22-40(45(27-38)66-9)57-54-30-53-55-57)29-42(58)33(3)25-36(6)47(60)48(67-10)46(59)35(5)24-31/h11-13,16-17,25,30-31,33-35,37-41,43-45,47-48,60,64H,14-15,18-24,26-29H2,1-10H3/t31-,33-,34-,35?,37-,38?,39+,40+,41+,43+,44+,45?,47-,48?,52-/m1/s1. The molecule has 4 unspecified atom stereocenters. The number of aliphatic hydroxyl groups is 2. The highest BCUT2D eigenvalue weighted by Gasteiger charge is 2.53. The number of esters is 1. The van der Waals surface area contributed by atoms with Crippen molar-refractivity contribution in [2.24, 2.45) is 35.5 Å². The van der Waals surface area contributed by atoms with E-state index in [2.05, 4.69) is 15.4 Å². The van der Waals surface area contributed by atoms with Crippen LogP contribution in [0.4, 0.5) is 0 Å². The normalized spacial score (nSPS) is 36.3. The van der Waals surface area contributed by atoms with E-state index in [4.69, 9.17) is 23.7 Å². The molecule has 0 spiro atoms. The smallest absolute Gasteiger partial charge is 0.329 e. The van der Waals surface area contributed by atoms with Gasteiger partial charge in [0.2, 0.25) is 5.79 Å². The monoisotopic (exact) mass is 966 g/mol. The Balaban J connectivity index is 1.46. The fraction of sp³-hybridized carbons (Fsp3) is 0.731. The SMILES string of the molecule is COC1C(=O)C(C)C[C@H](C)C=CC=CC=C(C)[C@@H](OC)C[C@@H]2CC[C@@H](C)[C@@](O)(O2)C(=O)C(=O)N2CCCC[C@H]2C(=O)O[C@H]([C@H](C)CC2CC[C@H](n3ncnn3)C(OC)C2)CC(=O)[C@H](C)C=C(C)[C@H]1O. The van der Waals surface area contributed by atoms with Crippen LogP contribution in [0.2, 0.25) is 0 Å². The number of aromatic nitrogens is 4. The lowest BCUT2D eigenvalue weighted by Gasteiger charge is -2.42. The zero-order valence-corrected chi connectivity index (χ0v) is 42.5. The average Bonchev–Trinajstić information content (AvgIpc) is 3.88. The van der Waals surface area contributed by atoms with Gasteiger partial charge in [-0.15, -0.1) is 10.2 Å². The van der Waals surface area contributed by atoms with Crippen LogP contribution in [0.5, 0.6) is 0 Å². The summed E-state index contributed by atoms with van der Waals surface area (Å²) in [6, 6.07) is -1.24. The molecule has 0 radical (unpaired) electrons. The number of allylic oxidation sites excluding steroid dienone is 6. The van der Waals surface area contributed by atoms with E-state index in [9.17, 15) is 34.2 Å². The summed E-state index contributed by atoms with van der Waals surface area (Å²) >= 11 is 0. The number of ether oxygens (including phenoxy) is 5. The summed E-state index contributed by atoms with van der Waals surface area (Å²) in [7, 11) is 4.61. The summed E-state index contributed by atoms with van der Waals surface area (Å²) < 4.78 is 29.9. The average molecular weight is 966 g/mol. The summed E-state index contributed by atoms with van der Waals surface area (Å²) in [6.07, 6.45) is 13.7. The van der Waals surface area contributed by atoms with Crippen LogP contribution in [-0.4, -0.2) is 141 Å². The van der Waals surface area contributed by atoms with Crippen molar-refractivity contribution in [3.05, 3.63) is 53.9 Å². The summed E-state index contributed by atoms with van der Waals surface area (Å²) in [5.74, 6) is -7.94. The summed E-state index contributed by atoms with van der Waals surface area (Å²) in [6.45, 7) is 12.8. The highest BCUT2D eigenvalue weighted by molar-refractivity contribution is 6.39. The van der Waals surface area contributed by atoms with Gasteiger partial charge in [-0.05, 0) is 112 Å². The number of hydrogen-bond acceptors (Lipinski definition) is 15. The maximum atomic E-state index is 14.5. The number of carbonyl (C=O) groups is 5. The van der Waals surface area contributed by atoms with Crippen molar-refractivity contribution in [3.63, 3.8) is 0 Å². The molecule has 17 heteroatoms. The number of tetrazole rings is 1. The Morgan fingerprint density at radius 2 is 1.64 bits per heavy atom. The number of ketones is 3. The minimum absolute atomic E-state index is 0.0168. The van der Waals surface area contributed by atoms with E-state index in [-0.39, 0.29) is 60.9 Å². The number of methoxy groups -OCH3 is 3. The number of carbonyl (C=O) groups excluding carboxylic acids is 5. The zero-order valence-electron chi connectivity index (χ0n) is 42.5. The molecule has 5 rings (SSSR count). The molecular formula is C52H79N5O12. The fourth-order valence-electron chi connectivity index (χ4n) is 10.7. The molecule has 3 aliphatic heterocycles. The van der Waals surface area contributed by atoms with Crippen molar-refractivity contribution >= 4 is 29.2 Å². The number of aliphatic hydroxyl groups excluding tert-OH is 1. The van der Waals surface area contributed by atoms with Gasteiger partial charge >= 0.3 is 5.97 Å². The van der Waals surface area contributed by atoms with Crippen LogP contribution < -0.4 is 0 Å². The number of fused-ring (bicyclic) bond motifs is 3. The Morgan fingerprint density at radius 1 is 0.884 bits per heavy atom. The molecule has 1 aliphatic carbocycles. The number of amides is 1. The van der Waals surface area contributed by atoms with Gasteiger partial charge in [0.05, 0.1) is 24.4 Å². The second-order valence-electron chi connectivity index (χ2n) is 20.3. The first-order chi connectivity index (χ1) is 32.8. The van der Waals surface area contributed by atoms with Crippen molar-refractivity contribution < 1.29 is 57.9 Å². The summed E-state index contributed by atoms with van der Waals surface area (Å²) in [5.41, 5.74) is 1.27. The lowest BCUT2D eigenvalue weighted by molar-refractivity contribution is -0.265. The Bertz CT molecular complexity index is 2020. The highest BCUT2D eigenvalue weighted by atomic mass is 16.6. The largest absolute Gasteiger partial charge is 0.460 e. The van der Waals surface area contributed by atoms with Gasteiger partial charge in [0, 0.05) is 58.5 Å². The molecule has 384 valence electrons. The maximum Gasteiger partial charge on any atom is 0.329 e.